The summed E-state index contributed by atoms with van der Waals surface area (Å²) < 4.78 is 0. The van der Waals surface area contributed by atoms with E-state index in [2.05, 4.69) is 74.4 Å². The number of rotatable bonds is 4. The molecule has 0 spiro atoms. The van der Waals surface area contributed by atoms with Gasteiger partial charge in [0, 0.05) is 13.1 Å². The number of fused-ring (bicyclic) bond motifs is 3. The lowest BCUT2D eigenvalue weighted by Crippen LogP contribution is -2.12. The lowest BCUT2D eigenvalue weighted by Gasteiger charge is -2.13. The van der Waals surface area contributed by atoms with Gasteiger partial charge in [0.05, 0.1) is 0 Å². The highest BCUT2D eigenvalue weighted by molar-refractivity contribution is 5.78. The van der Waals surface area contributed by atoms with Crippen LogP contribution in [0.25, 0.3) is 11.1 Å². The van der Waals surface area contributed by atoms with E-state index in [1.54, 1.807) is 0 Å². The van der Waals surface area contributed by atoms with E-state index >= 15 is 0 Å². The summed E-state index contributed by atoms with van der Waals surface area (Å²) in [4.78, 5) is 4.47. The normalized spacial score (nSPS) is 12.9. The van der Waals surface area contributed by atoms with Gasteiger partial charge < -0.3 is 9.80 Å². The van der Waals surface area contributed by atoms with Crippen LogP contribution in [0.3, 0.4) is 0 Å². The second-order valence-corrected chi connectivity index (χ2v) is 6.59. The molecule has 0 aromatic heterocycles. The van der Waals surface area contributed by atoms with Crippen molar-refractivity contribution in [1.82, 2.24) is 9.80 Å². The van der Waals surface area contributed by atoms with Crippen molar-refractivity contribution in [3.8, 4) is 11.1 Å². The number of benzene rings is 2. The first-order valence-electron chi connectivity index (χ1n) is 7.57. The molecule has 1 aliphatic rings. The predicted octanol–water partition coefficient (Wildman–Crippen LogP) is 3.38. The Morgan fingerprint density at radius 1 is 0.857 bits per heavy atom. The number of hydrogen-bond acceptors (Lipinski definition) is 2. The molecule has 2 nitrogen and oxygen atoms in total. The first-order chi connectivity index (χ1) is 10.0. The van der Waals surface area contributed by atoms with Crippen LogP contribution in [0.15, 0.2) is 36.4 Å². The molecule has 0 fully saturated rings. The molecule has 2 heteroatoms. The van der Waals surface area contributed by atoms with Crippen LogP contribution in [0.5, 0.6) is 0 Å². The van der Waals surface area contributed by atoms with Crippen molar-refractivity contribution in [1.29, 1.82) is 0 Å². The van der Waals surface area contributed by atoms with Crippen molar-refractivity contribution in [2.45, 2.75) is 19.5 Å². The molecular formula is C19H24N2. The maximum absolute atomic E-state index is 2.38. The summed E-state index contributed by atoms with van der Waals surface area (Å²) >= 11 is 0. The van der Waals surface area contributed by atoms with Gasteiger partial charge in [-0.25, -0.2) is 0 Å². The van der Waals surface area contributed by atoms with E-state index < -0.39 is 0 Å². The smallest absolute Gasteiger partial charge is 0.0230 e. The zero-order chi connectivity index (χ0) is 15.0. The largest absolute Gasteiger partial charge is 0.305 e. The Labute approximate surface area is 128 Å². The van der Waals surface area contributed by atoms with Gasteiger partial charge in [0.25, 0.3) is 0 Å². The standard InChI is InChI=1S/C19H24N2/c1-20(2)12-14-8-9-17-16(10-14)11-19-15(13-21(3)4)6-5-7-18(17)19/h5-10H,11-13H2,1-4H3. The molecule has 0 heterocycles. The molecule has 110 valence electrons. The molecule has 0 bridgehead atoms. The molecule has 0 radical (unpaired) electrons. The summed E-state index contributed by atoms with van der Waals surface area (Å²) in [6, 6.07) is 13.7. The quantitative estimate of drug-likeness (QED) is 0.723. The van der Waals surface area contributed by atoms with E-state index in [0.717, 1.165) is 19.5 Å². The van der Waals surface area contributed by atoms with Gasteiger partial charge in [-0.05, 0) is 68.0 Å². The fourth-order valence-electron chi connectivity index (χ4n) is 3.29. The van der Waals surface area contributed by atoms with E-state index in [9.17, 15) is 0 Å². The summed E-state index contributed by atoms with van der Waals surface area (Å²) in [7, 11) is 8.52. The maximum Gasteiger partial charge on any atom is 0.0230 e. The molecule has 0 aliphatic heterocycles. The van der Waals surface area contributed by atoms with Crippen molar-refractivity contribution in [3.05, 3.63) is 58.7 Å². The van der Waals surface area contributed by atoms with E-state index in [-0.39, 0.29) is 0 Å². The minimum Gasteiger partial charge on any atom is -0.305 e. The Bertz CT molecular complexity index is 657. The van der Waals surface area contributed by atoms with E-state index in [0.29, 0.717) is 0 Å². The second-order valence-electron chi connectivity index (χ2n) is 6.59. The lowest BCUT2D eigenvalue weighted by atomic mass is 10.0. The average Bonchev–Trinajstić information content (AvgIpc) is 2.76. The van der Waals surface area contributed by atoms with Crippen molar-refractivity contribution in [2.24, 2.45) is 0 Å². The predicted molar refractivity (Wildman–Crippen MR) is 89.5 cm³/mol. The Morgan fingerprint density at radius 3 is 2.33 bits per heavy atom. The average molecular weight is 280 g/mol. The Morgan fingerprint density at radius 2 is 1.62 bits per heavy atom. The number of hydrogen-bond donors (Lipinski definition) is 0. The SMILES string of the molecule is CN(C)Cc1ccc2c(c1)Cc1c(CN(C)C)cccc1-2. The molecule has 3 rings (SSSR count). The molecular weight excluding hydrogens is 256 g/mol. The van der Waals surface area contributed by atoms with E-state index in [1.807, 2.05) is 0 Å². The minimum absolute atomic E-state index is 1.01. The van der Waals surface area contributed by atoms with Gasteiger partial charge in [-0.2, -0.15) is 0 Å². The second kappa shape index (κ2) is 5.63. The third-order valence-corrected chi connectivity index (χ3v) is 4.09. The van der Waals surface area contributed by atoms with Gasteiger partial charge in [-0.3, -0.25) is 0 Å². The zero-order valence-corrected chi connectivity index (χ0v) is 13.5. The molecule has 0 N–H and O–H groups in total. The maximum atomic E-state index is 2.38. The van der Waals surface area contributed by atoms with Gasteiger partial charge in [0.2, 0.25) is 0 Å². The van der Waals surface area contributed by atoms with E-state index in [4.69, 9.17) is 0 Å². The summed E-state index contributed by atoms with van der Waals surface area (Å²) in [5.41, 5.74) is 8.72. The van der Waals surface area contributed by atoms with Crippen LogP contribution in [0.2, 0.25) is 0 Å². The summed E-state index contributed by atoms with van der Waals surface area (Å²) in [5, 5.41) is 0. The first-order valence-corrected chi connectivity index (χ1v) is 7.57. The van der Waals surface area contributed by atoms with E-state index in [1.165, 1.54) is 33.4 Å². The Balaban J connectivity index is 1.97. The van der Waals surface area contributed by atoms with Gasteiger partial charge >= 0.3 is 0 Å². The summed E-state index contributed by atoms with van der Waals surface area (Å²) in [6.07, 6.45) is 1.08. The van der Waals surface area contributed by atoms with Crippen LogP contribution < -0.4 is 0 Å². The van der Waals surface area contributed by atoms with Crippen LogP contribution in [0.1, 0.15) is 22.3 Å². The fraction of sp³-hybridized carbons (Fsp3) is 0.368. The van der Waals surface area contributed by atoms with Crippen LogP contribution in [0.4, 0.5) is 0 Å². The Kier molecular flexibility index (Phi) is 3.83. The van der Waals surface area contributed by atoms with Gasteiger partial charge in [-0.15, -0.1) is 0 Å². The minimum atomic E-state index is 1.01. The number of nitrogens with zero attached hydrogens (tertiary/aromatic N) is 2. The van der Waals surface area contributed by atoms with Crippen LogP contribution in [-0.4, -0.2) is 38.0 Å². The third-order valence-electron chi connectivity index (χ3n) is 4.09. The molecule has 0 saturated heterocycles. The molecule has 2 aromatic rings. The summed E-state index contributed by atoms with van der Waals surface area (Å²) in [6.45, 7) is 2.02. The molecule has 21 heavy (non-hydrogen) atoms. The highest BCUT2D eigenvalue weighted by Crippen LogP contribution is 2.39. The van der Waals surface area contributed by atoms with Crippen molar-refractivity contribution < 1.29 is 0 Å². The van der Waals surface area contributed by atoms with Crippen molar-refractivity contribution >= 4 is 0 Å². The van der Waals surface area contributed by atoms with Crippen LogP contribution >= 0.6 is 0 Å². The van der Waals surface area contributed by atoms with Gasteiger partial charge in [0.15, 0.2) is 0 Å². The monoisotopic (exact) mass is 280 g/mol. The molecule has 0 saturated carbocycles. The van der Waals surface area contributed by atoms with Crippen molar-refractivity contribution in [2.75, 3.05) is 28.2 Å². The summed E-state index contributed by atoms with van der Waals surface area (Å²) in [5.74, 6) is 0. The Hall–Kier alpha value is -1.64. The highest BCUT2D eigenvalue weighted by atomic mass is 15.1. The first kappa shape index (κ1) is 14.3. The van der Waals surface area contributed by atoms with Gasteiger partial charge in [-0.1, -0.05) is 36.4 Å². The van der Waals surface area contributed by atoms with Gasteiger partial charge in [0.1, 0.15) is 0 Å². The lowest BCUT2D eigenvalue weighted by molar-refractivity contribution is 0.401. The molecule has 0 unspecified atom stereocenters. The van der Waals surface area contributed by atoms with Crippen LogP contribution in [0, 0.1) is 0 Å². The molecule has 0 amide bonds. The third kappa shape index (κ3) is 2.87. The zero-order valence-electron chi connectivity index (χ0n) is 13.5. The molecule has 0 atom stereocenters. The highest BCUT2D eigenvalue weighted by Gasteiger charge is 2.21. The fourth-order valence-corrected chi connectivity index (χ4v) is 3.29. The molecule has 1 aliphatic carbocycles. The molecule has 2 aromatic carbocycles. The van der Waals surface area contributed by atoms with Crippen molar-refractivity contribution in [3.63, 3.8) is 0 Å². The van der Waals surface area contributed by atoms with Crippen LogP contribution in [-0.2, 0) is 19.5 Å². The topological polar surface area (TPSA) is 6.48 Å².